The van der Waals surface area contributed by atoms with Crippen molar-refractivity contribution in [3.05, 3.63) is 41.5 Å². The van der Waals surface area contributed by atoms with Crippen LogP contribution >= 0.6 is 0 Å². The fourth-order valence-electron chi connectivity index (χ4n) is 2.50. The molecule has 1 heterocycles. The van der Waals surface area contributed by atoms with Crippen molar-refractivity contribution >= 4 is 0 Å². The van der Waals surface area contributed by atoms with Crippen LogP contribution in [0.25, 0.3) is 0 Å². The second-order valence-corrected chi connectivity index (χ2v) is 4.56. The van der Waals surface area contributed by atoms with Crippen molar-refractivity contribution in [3.8, 4) is 5.75 Å². The normalized spacial score (nSPS) is 18.6. The monoisotopic (exact) mass is 245 g/mol. The molecule has 0 saturated heterocycles. The number of aromatic nitrogens is 2. The summed E-state index contributed by atoms with van der Waals surface area (Å²) in [5.41, 5.74) is 2.49. The predicted octanol–water partition coefficient (Wildman–Crippen LogP) is 1.94. The summed E-state index contributed by atoms with van der Waals surface area (Å²) < 4.78 is 4.71. The van der Waals surface area contributed by atoms with Crippen LogP contribution in [0.2, 0.25) is 0 Å². The number of aryl methyl sites for hydroxylation is 1. The molecule has 1 aliphatic rings. The van der Waals surface area contributed by atoms with Gasteiger partial charge in [0.2, 0.25) is 6.39 Å². The van der Waals surface area contributed by atoms with Crippen molar-refractivity contribution in [1.82, 2.24) is 15.5 Å². The molecule has 0 aliphatic heterocycles. The van der Waals surface area contributed by atoms with Crippen LogP contribution in [-0.2, 0) is 13.0 Å². The number of hydrogen-bond acceptors (Lipinski definition) is 5. The Balaban J connectivity index is 1.75. The minimum atomic E-state index is 0.299. The minimum absolute atomic E-state index is 0.299. The molecule has 5 nitrogen and oxygen atoms in total. The number of aromatic hydroxyl groups is 1. The lowest BCUT2D eigenvalue weighted by Crippen LogP contribution is -2.25. The first kappa shape index (κ1) is 11.2. The van der Waals surface area contributed by atoms with Gasteiger partial charge < -0.3 is 14.9 Å². The summed E-state index contributed by atoms with van der Waals surface area (Å²) in [5.74, 6) is 1.01. The number of phenolic OH excluding ortho intramolecular Hbond substituents is 1. The zero-order valence-corrected chi connectivity index (χ0v) is 9.97. The van der Waals surface area contributed by atoms with Crippen LogP contribution in [0.1, 0.15) is 35.8 Å². The van der Waals surface area contributed by atoms with Gasteiger partial charge in [-0.25, -0.2) is 0 Å². The lowest BCUT2D eigenvalue weighted by molar-refractivity contribution is 0.398. The molecule has 0 radical (unpaired) electrons. The standard InChI is InChI=1S/C13H15N3O2/c17-10-4-5-11-9(6-10)2-1-3-12(11)14-7-13-15-8-18-16-13/h4-6,8,12,14,17H,1-3,7H2. The van der Waals surface area contributed by atoms with Crippen molar-refractivity contribution < 1.29 is 9.63 Å². The molecule has 2 N–H and O–H groups in total. The Kier molecular flexibility index (Phi) is 2.98. The van der Waals surface area contributed by atoms with Gasteiger partial charge in [-0.1, -0.05) is 11.2 Å². The zero-order chi connectivity index (χ0) is 12.4. The van der Waals surface area contributed by atoms with Gasteiger partial charge in [-0.15, -0.1) is 0 Å². The van der Waals surface area contributed by atoms with E-state index in [9.17, 15) is 5.11 Å². The van der Waals surface area contributed by atoms with Gasteiger partial charge in [0.1, 0.15) is 5.75 Å². The number of nitrogens with one attached hydrogen (secondary N) is 1. The molecule has 0 saturated carbocycles. The lowest BCUT2D eigenvalue weighted by atomic mass is 9.87. The first-order valence-corrected chi connectivity index (χ1v) is 6.13. The summed E-state index contributed by atoms with van der Waals surface area (Å²) in [5, 5.41) is 16.7. The Morgan fingerprint density at radius 1 is 1.44 bits per heavy atom. The van der Waals surface area contributed by atoms with E-state index < -0.39 is 0 Å². The maximum Gasteiger partial charge on any atom is 0.213 e. The van der Waals surface area contributed by atoms with Crippen molar-refractivity contribution in [1.29, 1.82) is 0 Å². The van der Waals surface area contributed by atoms with Crippen LogP contribution in [0.4, 0.5) is 0 Å². The molecule has 0 spiro atoms. The Bertz CT molecular complexity index is 525. The van der Waals surface area contributed by atoms with Crippen molar-refractivity contribution in [2.75, 3.05) is 0 Å². The third kappa shape index (κ3) is 2.22. The third-order valence-electron chi connectivity index (χ3n) is 3.35. The van der Waals surface area contributed by atoms with Crippen LogP contribution in [-0.4, -0.2) is 15.2 Å². The smallest absolute Gasteiger partial charge is 0.213 e. The van der Waals surface area contributed by atoms with E-state index in [0.29, 0.717) is 24.2 Å². The fourth-order valence-corrected chi connectivity index (χ4v) is 2.50. The first-order valence-electron chi connectivity index (χ1n) is 6.13. The number of hydrogen-bond donors (Lipinski definition) is 2. The maximum atomic E-state index is 9.50. The van der Waals surface area contributed by atoms with Crippen molar-refractivity contribution in [2.24, 2.45) is 0 Å². The molecule has 1 atom stereocenters. The van der Waals surface area contributed by atoms with E-state index in [0.717, 1.165) is 19.3 Å². The van der Waals surface area contributed by atoms with Crippen LogP contribution in [0, 0.1) is 0 Å². The van der Waals surface area contributed by atoms with E-state index >= 15 is 0 Å². The Morgan fingerprint density at radius 3 is 3.22 bits per heavy atom. The van der Waals surface area contributed by atoms with Crippen LogP contribution < -0.4 is 5.32 Å². The van der Waals surface area contributed by atoms with Crippen molar-refractivity contribution in [3.63, 3.8) is 0 Å². The van der Waals surface area contributed by atoms with Gasteiger partial charge in [0, 0.05) is 6.04 Å². The van der Waals surface area contributed by atoms with Crippen molar-refractivity contribution in [2.45, 2.75) is 31.8 Å². The Morgan fingerprint density at radius 2 is 2.39 bits per heavy atom. The lowest BCUT2D eigenvalue weighted by Gasteiger charge is -2.26. The first-order chi connectivity index (χ1) is 8.83. The summed E-state index contributed by atoms with van der Waals surface area (Å²) in [6.07, 6.45) is 4.59. The molecule has 5 heteroatoms. The number of benzene rings is 1. The van der Waals surface area contributed by atoms with Crippen LogP contribution in [0.15, 0.2) is 29.1 Å². The molecule has 3 rings (SSSR count). The molecule has 94 valence electrons. The summed E-state index contributed by atoms with van der Waals surface area (Å²) in [7, 11) is 0. The van der Waals surface area contributed by atoms with E-state index in [-0.39, 0.29) is 0 Å². The Labute approximate surface area is 105 Å². The molecule has 2 aromatic rings. The number of nitrogens with zero attached hydrogens (tertiary/aromatic N) is 2. The van der Waals surface area contributed by atoms with Crippen LogP contribution in [0.3, 0.4) is 0 Å². The molecule has 1 aromatic carbocycles. The molecule has 1 aromatic heterocycles. The molecule has 0 bridgehead atoms. The molecular formula is C13H15N3O2. The van der Waals surface area contributed by atoms with E-state index in [2.05, 4.69) is 15.5 Å². The van der Waals surface area contributed by atoms with Gasteiger partial charge in [-0.05, 0) is 42.5 Å². The minimum Gasteiger partial charge on any atom is -0.508 e. The molecule has 0 amide bonds. The topological polar surface area (TPSA) is 71.2 Å². The van der Waals surface area contributed by atoms with Crippen LogP contribution in [0.5, 0.6) is 5.75 Å². The summed E-state index contributed by atoms with van der Waals surface area (Å²) in [6, 6.07) is 5.90. The SMILES string of the molecule is Oc1ccc2c(c1)CCCC2NCc1ncon1. The van der Waals surface area contributed by atoms with E-state index in [1.54, 1.807) is 6.07 Å². The van der Waals surface area contributed by atoms with E-state index in [4.69, 9.17) is 4.52 Å². The van der Waals surface area contributed by atoms with Gasteiger partial charge in [0.15, 0.2) is 5.82 Å². The van der Waals surface area contributed by atoms with E-state index in [1.165, 1.54) is 17.5 Å². The molecule has 1 aliphatic carbocycles. The summed E-state index contributed by atoms with van der Waals surface area (Å²) in [4.78, 5) is 3.99. The predicted molar refractivity (Wildman–Crippen MR) is 64.9 cm³/mol. The van der Waals surface area contributed by atoms with Gasteiger partial charge in [0.25, 0.3) is 0 Å². The highest BCUT2D eigenvalue weighted by molar-refractivity contribution is 5.38. The average molecular weight is 245 g/mol. The summed E-state index contributed by atoms with van der Waals surface area (Å²) in [6.45, 7) is 0.599. The number of rotatable bonds is 3. The zero-order valence-electron chi connectivity index (χ0n) is 9.97. The molecule has 1 unspecified atom stereocenters. The Hall–Kier alpha value is -1.88. The summed E-state index contributed by atoms with van der Waals surface area (Å²) >= 11 is 0. The highest BCUT2D eigenvalue weighted by Crippen LogP contribution is 2.31. The molecule has 0 fully saturated rings. The highest BCUT2D eigenvalue weighted by atomic mass is 16.5. The fraction of sp³-hybridized carbons (Fsp3) is 0.385. The average Bonchev–Trinajstić information content (AvgIpc) is 2.89. The second-order valence-electron chi connectivity index (χ2n) is 4.56. The van der Waals surface area contributed by atoms with Gasteiger partial charge >= 0.3 is 0 Å². The number of fused-ring (bicyclic) bond motifs is 1. The molecular weight excluding hydrogens is 230 g/mol. The molecule has 18 heavy (non-hydrogen) atoms. The number of phenols is 1. The van der Waals surface area contributed by atoms with E-state index in [1.807, 2.05) is 12.1 Å². The van der Waals surface area contributed by atoms with Gasteiger partial charge in [-0.3, -0.25) is 0 Å². The quantitative estimate of drug-likeness (QED) is 0.864. The third-order valence-corrected chi connectivity index (χ3v) is 3.35. The second kappa shape index (κ2) is 4.78. The van der Waals surface area contributed by atoms with Gasteiger partial charge in [-0.2, -0.15) is 4.98 Å². The highest BCUT2D eigenvalue weighted by Gasteiger charge is 2.20. The largest absolute Gasteiger partial charge is 0.508 e. The maximum absolute atomic E-state index is 9.50. The van der Waals surface area contributed by atoms with Gasteiger partial charge in [0.05, 0.1) is 6.54 Å².